The van der Waals surface area contributed by atoms with Crippen molar-refractivity contribution >= 4 is 31.9 Å². The summed E-state index contributed by atoms with van der Waals surface area (Å²) >= 11 is 0. The van der Waals surface area contributed by atoms with E-state index in [2.05, 4.69) is 5.32 Å². The number of hydrogen-bond acceptors (Lipinski definition) is 7. The number of carbonyl (C=O) groups is 1. The maximum atomic E-state index is 13.3. The zero-order chi connectivity index (χ0) is 23.8. The lowest BCUT2D eigenvalue weighted by Gasteiger charge is -2.27. The molecule has 1 fully saturated rings. The molecule has 0 spiro atoms. The summed E-state index contributed by atoms with van der Waals surface area (Å²) in [5, 5.41) is 3.14. The van der Waals surface area contributed by atoms with Gasteiger partial charge in [0.25, 0.3) is 5.91 Å². The molecule has 1 amide bonds. The minimum Gasteiger partial charge on any atom is -0.370 e. The van der Waals surface area contributed by atoms with Crippen molar-refractivity contribution in [1.82, 2.24) is 13.9 Å². The van der Waals surface area contributed by atoms with Crippen molar-refractivity contribution < 1.29 is 25.8 Å². The van der Waals surface area contributed by atoms with Crippen LogP contribution in [0.3, 0.4) is 0 Å². The fraction of sp³-hybridized carbons (Fsp3) is 0.381. The number of piperazine rings is 1. The normalized spacial score (nSPS) is 17.2. The zero-order valence-electron chi connectivity index (χ0n) is 18.4. The topological polar surface area (TPSA) is 116 Å². The van der Waals surface area contributed by atoms with Gasteiger partial charge in [0.15, 0.2) is 5.75 Å². The largest absolute Gasteiger partial charge is 0.384 e. The highest BCUT2D eigenvalue weighted by Gasteiger charge is 2.32. The summed E-state index contributed by atoms with van der Waals surface area (Å²) < 4.78 is 57.9. The second-order valence-corrected chi connectivity index (χ2v) is 11.7. The van der Waals surface area contributed by atoms with Crippen LogP contribution in [0.25, 0.3) is 0 Å². The SMILES string of the molecule is CN(C)S(=O)(=O)Oc1ccccc1C(=O)N1CCc2cc(S(=O)(=O)N3CCNCC3)ccc21. The standard InChI is InChI=1S/C21H26N4O6S2/c1-23(2)33(29,30)31-20-6-4-3-5-18(20)21(26)25-12-9-16-15-17(7-8-19(16)25)32(27,28)24-13-10-22-11-14-24/h3-8,15,22H,9-14H2,1-2H3. The molecule has 0 saturated carbocycles. The molecular formula is C21H26N4O6S2. The maximum absolute atomic E-state index is 13.3. The number of nitrogens with zero attached hydrogens (tertiary/aromatic N) is 3. The first-order valence-electron chi connectivity index (χ1n) is 10.5. The van der Waals surface area contributed by atoms with Crippen molar-refractivity contribution in [3.63, 3.8) is 0 Å². The number of fused-ring (bicyclic) bond motifs is 1. The number of nitrogens with one attached hydrogen (secondary N) is 1. The number of sulfonamides is 1. The highest BCUT2D eigenvalue weighted by Crippen LogP contribution is 2.34. The molecule has 33 heavy (non-hydrogen) atoms. The van der Waals surface area contributed by atoms with Crippen molar-refractivity contribution in [1.29, 1.82) is 0 Å². The van der Waals surface area contributed by atoms with Crippen LogP contribution in [0, 0.1) is 0 Å². The highest BCUT2D eigenvalue weighted by atomic mass is 32.2. The molecule has 0 aromatic heterocycles. The van der Waals surface area contributed by atoms with E-state index in [-0.39, 0.29) is 16.2 Å². The Labute approximate surface area is 194 Å². The van der Waals surface area contributed by atoms with E-state index in [9.17, 15) is 21.6 Å². The molecule has 2 aromatic rings. The van der Waals surface area contributed by atoms with Gasteiger partial charge in [-0.15, -0.1) is 0 Å². The Morgan fingerprint density at radius 3 is 2.39 bits per heavy atom. The quantitative estimate of drug-likeness (QED) is 0.627. The van der Waals surface area contributed by atoms with Crippen molar-refractivity contribution in [3.8, 4) is 5.75 Å². The molecule has 0 unspecified atom stereocenters. The first-order valence-corrected chi connectivity index (χ1v) is 13.3. The fourth-order valence-electron chi connectivity index (χ4n) is 3.83. The highest BCUT2D eigenvalue weighted by molar-refractivity contribution is 7.89. The van der Waals surface area contributed by atoms with Crippen molar-refractivity contribution in [2.24, 2.45) is 0 Å². The summed E-state index contributed by atoms with van der Waals surface area (Å²) in [4.78, 5) is 15.0. The van der Waals surface area contributed by atoms with Crippen molar-refractivity contribution in [2.45, 2.75) is 11.3 Å². The van der Waals surface area contributed by atoms with Gasteiger partial charge in [-0.05, 0) is 42.3 Å². The molecule has 10 nitrogen and oxygen atoms in total. The van der Waals surface area contributed by atoms with Crippen LogP contribution in [0.5, 0.6) is 5.75 Å². The Morgan fingerprint density at radius 2 is 1.70 bits per heavy atom. The van der Waals surface area contributed by atoms with E-state index in [1.165, 1.54) is 41.5 Å². The predicted octanol–water partition coefficient (Wildman–Crippen LogP) is 0.669. The van der Waals surface area contributed by atoms with Gasteiger partial charge >= 0.3 is 10.3 Å². The summed E-state index contributed by atoms with van der Waals surface area (Å²) in [6.45, 7) is 2.39. The van der Waals surface area contributed by atoms with E-state index in [0.29, 0.717) is 44.8 Å². The van der Waals surface area contributed by atoms with E-state index in [1.54, 1.807) is 24.3 Å². The third-order valence-electron chi connectivity index (χ3n) is 5.67. The van der Waals surface area contributed by atoms with Crippen molar-refractivity contribution in [2.75, 3.05) is 51.7 Å². The molecule has 1 saturated heterocycles. The molecule has 12 heteroatoms. The number of amides is 1. The fourth-order valence-corrected chi connectivity index (χ4v) is 5.85. The number of rotatable bonds is 6. The molecule has 0 aliphatic carbocycles. The average molecular weight is 495 g/mol. The number of benzene rings is 2. The molecule has 0 radical (unpaired) electrons. The van der Waals surface area contributed by atoms with Gasteiger partial charge in [-0.1, -0.05) is 12.1 Å². The molecule has 4 rings (SSSR count). The zero-order valence-corrected chi connectivity index (χ0v) is 20.0. The molecule has 1 N–H and O–H groups in total. The first-order chi connectivity index (χ1) is 15.6. The van der Waals surface area contributed by atoms with Crippen LogP contribution in [0.2, 0.25) is 0 Å². The molecule has 2 aromatic carbocycles. The smallest absolute Gasteiger partial charge is 0.370 e. The summed E-state index contributed by atoms with van der Waals surface area (Å²) in [6, 6.07) is 10.9. The van der Waals surface area contributed by atoms with E-state index in [0.717, 1.165) is 9.87 Å². The van der Waals surface area contributed by atoms with Gasteiger partial charge in [0, 0.05) is 52.5 Å². The van der Waals surface area contributed by atoms with Gasteiger partial charge in [0.1, 0.15) is 0 Å². The molecule has 2 heterocycles. The lowest BCUT2D eigenvalue weighted by Crippen LogP contribution is -2.46. The predicted molar refractivity (Wildman–Crippen MR) is 123 cm³/mol. The van der Waals surface area contributed by atoms with Gasteiger partial charge in [0.2, 0.25) is 10.0 Å². The number of anilines is 1. The monoisotopic (exact) mass is 494 g/mol. The van der Waals surface area contributed by atoms with Gasteiger partial charge in [0.05, 0.1) is 10.5 Å². The van der Waals surface area contributed by atoms with Crippen molar-refractivity contribution in [3.05, 3.63) is 53.6 Å². The minimum atomic E-state index is -4.04. The summed E-state index contributed by atoms with van der Waals surface area (Å²) in [5.74, 6) is -0.487. The second-order valence-electron chi connectivity index (χ2n) is 7.97. The van der Waals surface area contributed by atoms with Crippen LogP contribution in [-0.4, -0.2) is 78.2 Å². The third-order valence-corrected chi connectivity index (χ3v) is 8.84. The van der Waals surface area contributed by atoms with E-state index in [4.69, 9.17) is 4.18 Å². The molecule has 2 aliphatic heterocycles. The lowest BCUT2D eigenvalue weighted by molar-refractivity contribution is 0.0988. The first kappa shape index (κ1) is 23.6. The molecular weight excluding hydrogens is 468 g/mol. The second kappa shape index (κ2) is 9.03. The number of carbonyl (C=O) groups excluding carboxylic acids is 1. The average Bonchev–Trinajstić information content (AvgIpc) is 3.22. The summed E-state index contributed by atoms with van der Waals surface area (Å²) in [6.07, 6.45) is 0.491. The van der Waals surface area contributed by atoms with Gasteiger partial charge in [-0.3, -0.25) is 4.79 Å². The molecule has 178 valence electrons. The third kappa shape index (κ3) is 4.62. The van der Waals surface area contributed by atoms with E-state index >= 15 is 0 Å². The minimum absolute atomic E-state index is 0.0671. The maximum Gasteiger partial charge on any atom is 0.384 e. The van der Waals surface area contributed by atoms with Crippen LogP contribution in [0.15, 0.2) is 47.4 Å². The van der Waals surface area contributed by atoms with E-state index < -0.39 is 26.2 Å². The Kier molecular flexibility index (Phi) is 6.47. The molecule has 0 atom stereocenters. The number of hydrogen-bond donors (Lipinski definition) is 1. The Hall–Kier alpha value is -2.51. The van der Waals surface area contributed by atoms with Crippen LogP contribution >= 0.6 is 0 Å². The van der Waals surface area contributed by atoms with Gasteiger partial charge in [-0.2, -0.15) is 17.0 Å². The Balaban J connectivity index is 1.61. The van der Waals surface area contributed by atoms with Gasteiger partial charge < -0.3 is 14.4 Å². The lowest BCUT2D eigenvalue weighted by atomic mass is 10.1. The van der Waals surface area contributed by atoms with Crippen LogP contribution in [-0.2, 0) is 26.7 Å². The summed E-state index contributed by atoms with van der Waals surface area (Å²) in [7, 11) is -4.98. The van der Waals surface area contributed by atoms with Crippen LogP contribution < -0.4 is 14.4 Å². The Bertz CT molecular complexity index is 1270. The Morgan fingerprint density at radius 1 is 1.00 bits per heavy atom. The van der Waals surface area contributed by atoms with Gasteiger partial charge in [-0.25, -0.2) is 8.42 Å². The molecule has 0 bridgehead atoms. The van der Waals surface area contributed by atoms with Crippen LogP contribution in [0.1, 0.15) is 15.9 Å². The molecule has 2 aliphatic rings. The van der Waals surface area contributed by atoms with E-state index in [1.807, 2.05) is 0 Å². The number of para-hydroxylation sites is 1. The van der Waals surface area contributed by atoms with Crippen LogP contribution in [0.4, 0.5) is 5.69 Å². The summed E-state index contributed by atoms with van der Waals surface area (Å²) in [5.41, 5.74) is 1.46.